The van der Waals surface area contributed by atoms with Crippen LogP contribution < -0.4 is 0 Å². The highest BCUT2D eigenvalue weighted by Gasteiger charge is 2.26. The Hall–Kier alpha value is -3.33. The second kappa shape index (κ2) is 9.13. The van der Waals surface area contributed by atoms with E-state index in [2.05, 4.69) is 6.07 Å². The highest BCUT2D eigenvalue weighted by molar-refractivity contribution is 7.89. The van der Waals surface area contributed by atoms with Gasteiger partial charge in [0.25, 0.3) is 0 Å². The van der Waals surface area contributed by atoms with Crippen molar-refractivity contribution in [2.24, 2.45) is 0 Å². The van der Waals surface area contributed by atoms with E-state index in [1.807, 2.05) is 30.3 Å². The van der Waals surface area contributed by atoms with Crippen LogP contribution in [-0.4, -0.2) is 57.4 Å². The van der Waals surface area contributed by atoms with Crippen molar-refractivity contribution in [3.63, 3.8) is 0 Å². The molecule has 0 saturated carbocycles. The molecule has 1 fully saturated rings. The number of Topliss-reactive ketones (excluding diaryl/α,β-unsaturated/α-hetero) is 1. The molecule has 174 valence electrons. The minimum absolute atomic E-state index is 0.0976. The molecule has 8 heteroatoms. The minimum Gasteiger partial charge on any atom is -0.454 e. The fourth-order valence-corrected chi connectivity index (χ4v) is 5.70. The van der Waals surface area contributed by atoms with E-state index in [0.717, 1.165) is 17.5 Å². The highest BCUT2D eigenvalue weighted by atomic mass is 32.2. The number of rotatable bonds is 6. The summed E-state index contributed by atoms with van der Waals surface area (Å²) in [6.45, 7) is 0.904. The number of esters is 1. The van der Waals surface area contributed by atoms with E-state index in [-0.39, 0.29) is 16.2 Å². The molecule has 0 atom stereocenters. The number of morpholine rings is 1. The maximum atomic E-state index is 12.7. The Morgan fingerprint density at radius 1 is 0.853 bits per heavy atom. The van der Waals surface area contributed by atoms with E-state index >= 15 is 0 Å². The van der Waals surface area contributed by atoms with E-state index in [9.17, 15) is 18.0 Å². The molecule has 1 aliphatic carbocycles. The van der Waals surface area contributed by atoms with Crippen molar-refractivity contribution in [1.29, 1.82) is 0 Å². The van der Waals surface area contributed by atoms with E-state index < -0.39 is 22.6 Å². The van der Waals surface area contributed by atoms with E-state index in [1.165, 1.54) is 39.7 Å². The van der Waals surface area contributed by atoms with Gasteiger partial charge in [-0.25, -0.2) is 13.2 Å². The van der Waals surface area contributed by atoms with Crippen LogP contribution >= 0.6 is 0 Å². The summed E-state index contributed by atoms with van der Waals surface area (Å²) in [6, 6.07) is 19.2. The Labute approximate surface area is 198 Å². The third-order valence-electron chi connectivity index (χ3n) is 6.15. The average Bonchev–Trinajstić information content (AvgIpc) is 3.25. The number of sulfonamides is 1. The first-order valence-corrected chi connectivity index (χ1v) is 12.5. The largest absolute Gasteiger partial charge is 0.454 e. The van der Waals surface area contributed by atoms with Crippen LogP contribution in [0.5, 0.6) is 0 Å². The zero-order valence-corrected chi connectivity index (χ0v) is 19.2. The third kappa shape index (κ3) is 4.27. The molecule has 0 unspecified atom stereocenters. The SMILES string of the molecule is O=C(COC(=O)c1ccc(S(=O)(=O)N2CCOCC2)cc1)c1ccc2c(c1)-c1ccccc1C2. The van der Waals surface area contributed by atoms with Crippen molar-refractivity contribution in [3.05, 3.63) is 89.0 Å². The molecule has 0 bridgehead atoms. The van der Waals surface area contributed by atoms with Crippen LogP contribution in [-0.2, 0) is 25.9 Å². The molecule has 3 aromatic rings. The molecule has 7 nitrogen and oxygen atoms in total. The fourth-order valence-electron chi connectivity index (χ4n) is 4.29. The van der Waals surface area contributed by atoms with Crippen molar-refractivity contribution in [2.75, 3.05) is 32.9 Å². The minimum atomic E-state index is -3.65. The molecular weight excluding hydrogens is 454 g/mol. The Bertz CT molecular complexity index is 1360. The summed E-state index contributed by atoms with van der Waals surface area (Å²) >= 11 is 0. The maximum absolute atomic E-state index is 12.7. The lowest BCUT2D eigenvalue weighted by atomic mass is 10.0. The monoisotopic (exact) mass is 477 g/mol. The Balaban J connectivity index is 1.23. The van der Waals surface area contributed by atoms with Gasteiger partial charge in [-0.15, -0.1) is 0 Å². The zero-order valence-electron chi connectivity index (χ0n) is 18.4. The number of carbonyl (C=O) groups is 2. The zero-order chi connectivity index (χ0) is 23.7. The molecule has 1 aliphatic heterocycles. The first kappa shape index (κ1) is 22.5. The second-order valence-corrected chi connectivity index (χ2v) is 10.2. The van der Waals surface area contributed by atoms with Crippen molar-refractivity contribution in [2.45, 2.75) is 11.3 Å². The first-order chi connectivity index (χ1) is 16.4. The summed E-state index contributed by atoms with van der Waals surface area (Å²) in [5.74, 6) is -0.984. The number of benzene rings is 3. The topological polar surface area (TPSA) is 90.0 Å². The van der Waals surface area contributed by atoms with Gasteiger partial charge in [0, 0.05) is 18.7 Å². The van der Waals surface area contributed by atoms with Gasteiger partial charge in [0.15, 0.2) is 12.4 Å². The summed E-state index contributed by atoms with van der Waals surface area (Å²) in [7, 11) is -3.65. The Kier molecular flexibility index (Phi) is 6.03. The number of nitrogens with zero attached hydrogens (tertiary/aromatic N) is 1. The lowest BCUT2D eigenvalue weighted by Crippen LogP contribution is -2.40. The number of carbonyl (C=O) groups excluding carboxylic acids is 2. The van der Waals surface area contributed by atoms with Gasteiger partial charge in [0.2, 0.25) is 10.0 Å². The van der Waals surface area contributed by atoms with E-state index in [1.54, 1.807) is 6.07 Å². The van der Waals surface area contributed by atoms with Crippen LogP contribution in [0.4, 0.5) is 0 Å². The maximum Gasteiger partial charge on any atom is 0.338 e. The molecule has 0 amide bonds. The molecule has 0 radical (unpaired) electrons. The highest BCUT2D eigenvalue weighted by Crippen LogP contribution is 2.36. The number of fused-ring (bicyclic) bond motifs is 3. The van der Waals surface area contributed by atoms with Crippen LogP contribution in [0, 0.1) is 0 Å². The van der Waals surface area contributed by atoms with Gasteiger partial charge < -0.3 is 9.47 Å². The second-order valence-electron chi connectivity index (χ2n) is 8.25. The molecule has 1 saturated heterocycles. The van der Waals surface area contributed by atoms with Crippen LogP contribution in [0.1, 0.15) is 31.8 Å². The summed E-state index contributed by atoms with van der Waals surface area (Å²) in [4.78, 5) is 25.2. The predicted octanol–water partition coefficient (Wildman–Crippen LogP) is 3.32. The normalized spacial score (nSPS) is 15.4. The molecule has 0 N–H and O–H groups in total. The van der Waals surface area contributed by atoms with Gasteiger partial charge >= 0.3 is 5.97 Å². The standard InChI is InChI=1S/C26H23NO6S/c28-25(21-6-5-20-15-19-3-1-2-4-23(19)24(20)16-21)17-33-26(29)18-7-9-22(10-8-18)34(30,31)27-11-13-32-14-12-27/h1-10,16H,11-15,17H2. The van der Waals surface area contributed by atoms with Crippen LogP contribution in [0.3, 0.4) is 0 Å². The van der Waals surface area contributed by atoms with Crippen LogP contribution in [0.15, 0.2) is 71.6 Å². The smallest absolute Gasteiger partial charge is 0.338 e. The number of ether oxygens (including phenoxy) is 2. The van der Waals surface area contributed by atoms with Gasteiger partial charge in [0.1, 0.15) is 0 Å². The van der Waals surface area contributed by atoms with Gasteiger partial charge in [-0.05, 0) is 59.0 Å². The van der Waals surface area contributed by atoms with Crippen molar-refractivity contribution < 1.29 is 27.5 Å². The van der Waals surface area contributed by atoms with E-state index in [0.29, 0.717) is 31.9 Å². The number of hydrogen-bond acceptors (Lipinski definition) is 6. The molecule has 34 heavy (non-hydrogen) atoms. The van der Waals surface area contributed by atoms with Gasteiger partial charge in [-0.1, -0.05) is 36.4 Å². The van der Waals surface area contributed by atoms with Crippen LogP contribution in [0.25, 0.3) is 11.1 Å². The Morgan fingerprint density at radius 3 is 2.29 bits per heavy atom. The van der Waals surface area contributed by atoms with Crippen molar-refractivity contribution in [3.8, 4) is 11.1 Å². The van der Waals surface area contributed by atoms with Gasteiger partial charge in [-0.2, -0.15) is 4.31 Å². The molecule has 0 spiro atoms. The third-order valence-corrected chi connectivity index (χ3v) is 8.07. The predicted molar refractivity (Wildman–Crippen MR) is 125 cm³/mol. The van der Waals surface area contributed by atoms with Crippen LogP contribution in [0.2, 0.25) is 0 Å². The van der Waals surface area contributed by atoms with Gasteiger partial charge in [0.05, 0.1) is 23.7 Å². The molecule has 5 rings (SSSR count). The van der Waals surface area contributed by atoms with Crippen molar-refractivity contribution >= 4 is 21.8 Å². The lowest BCUT2D eigenvalue weighted by Gasteiger charge is -2.26. The average molecular weight is 478 g/mol. The van der Waals surface area contributed by atoms with Gasteiger partial charge in [-0.3, -0.25) is 4.79 Å². The lowest BCUT2D eigenvalue weighted by molar-refractivity contribution is 0.0474. The van der Waals surface area contributed by atoms with E-state index in [4.69, 9.17) is 9.47 Å². The fraction of sp³-hybridized carbons (Fsp3) is 0.231. The quantitative estimate of drug-likeness (QED) is 0.313. The molecule has 0 aromatic heterocycles. The summed E-state index contributed by atoms with van der Waals surface area (Å²) in [5, 5.41) is 0. The Morgan fingerprint density at radius 2 is 1.53 bits per heavy atom. The summed E-state index contributed by atoms with van der Waals surface area (Å²) in [6.07, 6.45) is 0.840. The first-order valence-electron chi connectivity index (χ1n) is 11.0. The summed E-state index contributed by atoms with van der Waals surface area (Å²) in [5.41, 5.74) is 5.21. The molecule has 3 aromatic carbocycles. The number of hydrogen-bond donors (Lipinski definition) is 0. The molecule has 2 aliphatic rings. The molecule has 1 heterocycles. The molecular formula is C26H23NO6S. The summed E-state index contributed by atoms with van der Waals surface area (Å²) < 4.78 is 37.2. The van der Waals surface area contributed by atoms with Crippen molar-refractivity contribution in [1.82, 2.24) is 4.31 Å². The number of ketones is 1.